The minimum atomic E-state index is -1.02. The van der Waals surface area contributed by atoms with Crippen molar-refractivity contribution in [2.75, 3.05) is 6.61 Å². The van der Waals surface area contributed by atoms with Gasteiger partial charge in [-0.1, -0.05) is 35.3 Å². The summed E-state index contributed by atoms with van der Waals surface area (Å²) in [4.78, 5) is 28.3. The summed E-state index contributed by atoms with van der Waals surface area (Å²) in [6, 6.07) is 16.8. The number of nitrogens with zero attached hydrogens (tertiary/aromatic N) is 1. The van der Waals surface area contributed by atoms with E-state index in [9.17, 15) is 9.59 Å². The van der Waals surface area contributed by atoms with Crippen molar-refractivity contribution in [2.24, 2.45) is 4.99 Å². The molecule has 0 spiro atoms. The van der Waals surface area contributed by atoms with Crippen LogP contribution in [-0.2, 0) is 11.4 Å². The third kappa shape index (κ3) is 6.40. The second kappa shape index (κ2) is 11.5. The van der Waals surface area contributed by atoms with Gasteiger partial charge in [-0.15, -0.1) is 0 Å². The van der Waals surface area contributed by atoms with Crippen LogP contribution in [-0.4, -0.2) is 28.8 Å². The number of hydrogen-bond acceptors (Lipinski definition) is 6. The summed E-state index contributed by atoms with van der Waals surface area (Å²) in [6.07, 6.45) is 1.69. The summed E-state index contributed by atoms with van der Waals surface area (Å²) >= 11 is 13.6. The lowest BCUT2D eigenvalue weighted by atomic mass is 10.1. The summed E-state index contributed by atoms with van der Waals surface area (Å²) in [7, 11) is 0. The average Bonchev–Trinajstić information content (AvgIpc) is 3.18. The molecular weight excluding hydrogens is 523 g/mol. The summed E-state index contributed by atoms with van der Waals surface area (Å²) in [5.41, 5.74) is 2.26. The van der Waals surface area contributed by atoms with E-state index in [4.69, 9.17) is 37.8 Å². The van der Waals surface area contributed by atoms with Gasteiger partial charge in [0, 0.05) is 5.02 Å². The number of halogens is 2. The molecule has 4 rings (SSSR count). The van der Waals surface area contributed by atoms with E-state index in [1.54, 1.807) is 42.5 Å². The monoisotopic (exact) mass is 542 g/mol. The molecule has 3 aromatic carbocycles. The zero-order valence-corrected chi connectivity index (χ0v) is 21.3. The smallest absolute Gasteiger partial charge is 0.335 e. The maximum atomic E-state index is 12.5. The Hall–Kier alpha value is -3.46. The highest BCUT2D eigenvalue weighted by Crippen LogP contribution is 2.39. The van der Waals surface area contributed by atoms with Gasteiger partial charge in [0.15, 0.2) is 16.7 Å². The highest BCUT2D eigenvalue weighted by molar-refractivity contribution is 8.18. The Morgan fingerprint density at radius 1 is 1.08 bits per heavy atom. The van der Waals surface area contributed by atoms with Gasteiger partial charge in [0.1, 0.15) is 6.61 Å². The van der Waals surface area contributed by atoms with E-state index in [1.165, 1.54) is 23.9 Å². The number of rotatable bonds is 8. The van der Waals surface area contributed by atoms with Crippen LogP contribution < -0.4 is 14.8 Å². The van der Waals surface area contributed by atoms with Crippen molar-refractivity contribution in [2.45, 2.75) is 13.5 Å². The Bertz CT molecular complexity index is 1360. The first-order valence-electron chi connectivity index (χ1n) is 10.8. The van der Waals surface area contributed by atoms with Crippen molar-refractivity contribution in [3.63, 3.8) is 0 Å². The van der Waals surface area contributed by atoms with E-state index in [2.05, 4.69) is 10.3 Å². The number of thioether (sulfide) groups is 1. The number of carbonyl (C=O) groups excluding carboxylic acids is 1. The van der Waals surface area contributed by atoms with Crippen LogP contribution in [0.25, 0.3) is 6.08 Å². The first kappa shape index (κ1) is 25.6. The number of hydrogen-bond donors (Lipinski definition) is 2. The molecule has 2 N–H and O–H groups in total. The van der Waals surface area contributed by atoms with E-state index < -0.39 is 5.97 Å². The SMILES string of the molecule is CCOc1cc(/C=C2\SC(=Nc3ccc(C(=O)O)cc3)NC2=O)cc(Cl)c1OCc1ccc(Cl)cc1. The Morgan fingerprint density at radius 2 is 1.81 bits per heavy atom. The fourth-order valence-electron chi connectivity index (χ4n) is 3.24. The number of carbonyl (C=O) groups is 2. The maximum absolute atomic E-state index is 12.5. The molecular formula is C26H20Cl2N2O5S. The minimum absolute atomic E-state index is 0.158. The first-order chi connectivity index (χ1) is 17.3. The van der Waals surface area contributed by atoms with E-state index in [0.717, 1.165) is 5.56 Å². The van der Waals surface area contributed by atoms with Gasteiger partial charge in [0.05, 0.1) is 27.8 Å². The Labute approximate surface area is 221 Å². The molecule has 1 aliphatic rings. The predicted octanol–water partition coefficient (Wildman–Crippen LogP) is 6.56. The molecule has 1 fully saturated rings. The van der Waals surface area contributed by atoms with Gasteiger partial charge >= 0.3 is 5.97 Å². The van der Waals surface area contributed by atoms with Crippen LogP contribution in [0, 0.1) is 0 Å². The molecule has 0 aliphatic carbocycles. The Kier molecular flexibility index (Phi) is 8.20. The number of ether oxygens (including phenoxy) is 2. The van der Waals surface area contributed by atoms with Crippen molar-refractivity contribution in [3.05, 3.63) is 92.3 Å². The van der Waals surface area contributed by atoms with Crippen LogP contribution in [0.2, 0.25) is 10.0 Å². The van der Waals surface area contributed by atoms with Gasteiger partial charge < -0.3 is 19.9 Å². The highest BCUT2D eigenvalue weighted by Gasteiger charge is 2.24. The van der Waals surface area contributed by atoms with Crippen LogP contribution in [0.4, 0.5) is 5.69 Å². The van der Waals surface area contributed by atoms with E-state index in [0.29, 0.717) is 49.5 Å². The fourth-order valence-corrected chi connectivity index (χ4v) is 4.48. The largest absolute Gasteiger partial charge is 0.490 e. The molecule has 1 aliphatic heterocycles. The van der Waals surface area contributed by atoms with E-state index in [-0.39, 0.29) is 18.1 Å². The maximum Gasteiger partial charge on any atom is 0.335 e. The number of benzene rings is 3. The van der Waals surface area contributed by atoms with Crippen LogP contribution in [0.5, 0.6) is 11.5 Å². The molecule has 184 valence electrons. The molecule has 36 heavy (non-hydrogen) atoms. The van der Waals surface area contributed by atoms with Crippen LogP contribution >= 0.6 is 35.0 Å². The average molecular weight is 543 g/mol. The number of amides is 1. The second-order valence-corrected chi connectivity index (χ2v) is 9.39. The van der Waals surface area contributed by atoms with Crippen molar-refractivity contribution in [1.82, 2.24) is 5.32 Å². The number of aliphatic imine (C=N–C) groups is 1. The predicted molar refractivity (Wildman–Crippen MR) is 143 cm³/mol. The van der Waals surface area contributed by atoms with Crippen molar-refractivity contribution in [1.29, 1.82) is 0 Å². The second-order valence-electron chi connectivity index (χ2n) is 7.51. The van der Waals surface area contributed by atoms with Crippen LogP contribution in [0.1, 0.15) is 28.4 Å². The molecule has 10 heteroatoms. The van der Waals surface area contributed by atoms with Crippen molar-refractivity contribution < 1.29 is 24.2 Å². The van der Waals surface area contributed by atoms with Gasteiger partial charge in [-0.05, 0) is 84.4 Å². The van der Waals surface area contributed by atoms with Gasteiger partial charge in [0.2, 0.25) is 0 Å². The molecule has 0 bridgehead atoms. The normalized spacial score (nSPS) is 15.2. The number of nitrogens with one attached hydrogen (secondary N) is 1. The molecule has 0 aromatic heterocycles. The third-order valence-corrected chi connectivity index (χ3v) is 6.36. The standard InChI is InChI=1S/C26H20Cl2N2O5S/c1-2-34-21-12-16(11-20(28)23(21)35-14-15-3-7-18(27)8-4-15)13-22-24(31)30-26(36-22)29-19-9-5-17(6-10-19)25(32)33/h3-13H,2,14H2,1H3,(H,32,33)(H,29,30,31)/b22-13-. The Balaban J connectivity index is 1.53. The summed E-state index contributed by atoms with van der Waals surface area (Å²) in [5.74, 6) is -0.458. The molecule has 7 nitrogen and oxygen atoms in total. The molecule has 3 aromatic rings. The quantitative estimate of drug-likeness (QED) is 0.313. The molecule has 1 heterocycles. The molecule has 0 unspecified atom stereocenters. The molecule has 0 atom stereocenters. The van der Waals surface area contributed by atoms with Crippen LogP contribution in [0.3, 0.4) is 0 Å². The number of aromatic carboxylic acids is 1. The number of carboxylic acid groups (broad SMARTS) is 1. The third-order valence-electron chi connectivity index (χ3n) is 4.92. The summed E-state index contributed by atoms with van der Waals surface area (Å²) in [5, 5.41) is 13.1. The van der Waals surface area contributed by atoms with Crippen LogP contribution in [0.15, 0.2) is 70.6 Å². The van der Waals surface area contributed by atoms with E-state index in [1.807, 2.05) is 19.1 Å². The zero-order chi connectivity index (χ0) is 25.7. The topological polar surface area (TPSA) is 97.2 Å². The van der Waals surface area contributed by atoms with E-state index >= 15 is 0 Å². The van der Waals surface area contributed by atoms with Crippen molar-refractivity contribution >= 4 is 63.8 Å². The lowest BCUT2D eigenvalue weighted by Crippen LogP contribution is -2.19. The zero-order valence-electron chi connectivity index (χ0n) is 19.0. The molecule has 0 radical (unpaired) electrons. The van der Waals surface area contributed by atoms with Gasteiger partial charge in [-0.3, -0.25) is 4.79 Å². The minimum Gasteiger partial charge on any atom is -0.490 e. The lowest BCUT2D eigenvalue weighted by Gasteiger charge is -2.15. The number of carboxylic acids is 1. The number of amidine groups is 1. The Morgan fingerprint density at radius 3 is 2.47 bits per heavy atom. The van der Waals surface area contributed by atoms with Crippen molar-refractivity contribution in [3.8, 4) is 11.5 Å². The molecule has 1 amide bonds. The molecule has 0 saturated carbocycles. The lowest BCUT2D eigenvalue weighted by molar-refractivity contribution is -0.115. The van der Waals surface area contributed by atoms with Gasteiger partial charge in [0.25, 0.3) is 5.91 Å². The first-order valence-corrected chi connectivity index (χ1v) is 12.4. The summed E-state index contributed by atoms with van der Waals surface area (Å²) < 4.78 is 11.7. The van der Waals surface area contributed by atoms with Gasteiger partial charge in [-0.2, -0.15) is 0 Å². The van der Waals surface area contributed by atoms with Gasteiger partial charge in [-0.25, -0.2) is 9.79 Å². The highest BCUT2D eigenvalue weighted by atomic mass is 35.5. The molecule has 1 saturated heterocycles. The summed E-state index contributed by atoms with van der Waals surface area (Å²) in [6.45, 7) is 2.54. The fraction of sp³-hybridized carbons (Fsp3) is 0.115.